The molecule has 1 aliphatic rings. The van der Waals surface area contributed by atoms with Gasteiger partial charge in [0, 0.05) is 41.3 Å². The molecule has 0 radical (unpaired) electrons. The van der Waals surface area contributed by atoms with E-state index < -0.39 is 0 Å². The number of nitrogens with one attached hydrogen (secondary N) is 1. The van der Waals surface area contributed by atoms with Crippen LogP contribution >= 0.6 is 0 Å². The molecule has 1 atom stereocenters. The van der Waals surface area contributed by atoms with E-state index in [9.17, 15) is 4.79 Å². The average Bonchev–Trinajstić information content (AvgIpc) is 3.23. The molecule has 2 aromatic rings. The fourth-order valence-corrected chi connectivity index (χ4v) is 2.34. The van der Waals surface area contributed by atoms with Crippen LogP contribution in [-0.2, 0) is 4.79 Å². The van der Waals surface area contributed by atoms with Gasteiger partial charge >= 0.3 is 0 Å². The molecule has 0 saturated heterocycles. The fraction of sp³-hybridized carbons (Fsp3) is 0.333. The van der Waals surface area contributed by atoms with Gasteiger partial charge in [-0.25, -0.2) is 0 Å². The van der Waals surface area contributed by atoms with Crippen molar-refractivity contribution in [2.45, 2.75) is 25.3 Å². The summed E-state index contributed by atoms with van der Waals surface area (Å²) in [5, 5.41) is 4.98. The largest absolute Gasteiger partial charge is 0.327 e. The predicted octanol–water partition coefficient (Wildman–Crippen LogP) is 2.30. The first-order valence-electron chi connectivity index (χ1n) is 6.62. The number of hydrogen-bond donors (Lipinski definition) is 2. The Kier molecular flexibility index (Phi) is 3.17. The molecule has 1 amide bonds. The molecule has 1 unspecified atom stereocenters. The lowest BCUT2D eigenvalue weighted by atomic mass is 10.1. The Hall–Kier alpha value is -1.94. The molecule has 0 spiro atoms. The van der Waals surface area contributed by atoms with Gasteiger partial charge in [-0.1, -0.05) is 12.1 Å². The second-order valence-corrected chi connectivity index (χ2v) is 5.16. The van der Waals surface area contributed by atoms with Crippen LogP contribution in [0.4, 0.5) is 5.69 Å². The molecular weight excluding hydrogens is 238 g/mol. The van der Waals surface area contributed by atoms with E-state index in [-0.39, 0.29) is 11.9 Å². The number of fused-ring (bicyclic) bond motifs is 1. The van der Waals surface area contributed by atoms with E-state index in [1.54, 1.807) is 12.4 Å². The third-order valence-electron chi connectivity index (χ3n) is 3.60. The van der Waals surface area contributed by atoms with Gasteiger partial charge in [0.05, 0.1) is 0 Å². The number of amides is 1. The third kappa shape index (κ3) is 2.74. The van der Waals surface area contributed by atoms with E-state index in [1.807, 2.05) is 24.3 Å². The minimum Gasteiger partial charge on any atom is -0.327 e. The third-order valence-corrected chi connectivity index (χ3v) is 3.60. The summed E-state index contributed by atoms with van der Waals surface area (Å²) in [7, 11) is 0. The highest BCUT2D eigenvalue weighted by Gasteiger charge is 2.29. The van der Waals surface area contributed by atoms with Gasteiger partial charge in [0.15, 0.2) is 0 Å². The van der Waals surface area contributed by atoms with E-state index in [0.717, 1.165) is 29.3 Å². The lowest BCUT2D eigenvalue weighted by Gasteiger charge is -2.12. The number of anilines is 1. The van der Waals surface area contributed by atoms with Crippen molar-refractivity contribution in [2.75, 3.05) is 5.32 Å². The molecule has 3 N–H and O–H groups in total. The lowest BCUT2D eigenvalue weighted by molar-refractivity contribution is -0.116. The molecular formula is C15H17N3O. The standard InChI is InChI=1S/C15H17N3O/c16-13(10-4-5-10)8-15(19)18-14-3-1-2-11-9-17-7-6-12(11)14/h1-3,6-7,9-10,13H,4-5,8,16H2,(H,18,19). The quantitative estimate of drug-likeness (QED) is 0.880. The van der Waals surface area contributed by atoms with Crippen molar-refractivity contribution < 1.29 is 4.79 Å². The van der Waals surface area contributed by atoms with E-state index in [4.69, 9.17) is 5.73 Å². The minimum absolute atomic E-state index is 0.00311. The van der Waals surface area contributed by atoms with E-state index in [0.29, 0.717) is 12.3 Å². The Morgan fingerprint density at radius 2 is 2.26 bits per heavy atom. The first-order valence-corrected chi connectivity index (χ1v) is 6.62. The number of nitrogens with zero attached hydrogens (tertiary/aromatic N) is 1. The van der Waals surface area contributed by atoms with E-state index >= 15 is 0 Å². The Balaban J connectivity index is 1.75. The highest BCUT2D eigenvalue weighted by molar-refractivity contribution is 6.01. The van der Waals surface area contributed by atoms with Crippen molar-refractivity contribution in [1.29, 1.82) is 0 Å². The first-order chi connectivity index (χ1) is 9.24. The first kappa shape index (κ1) is 12.1. The van der Waals surface area contributed by atoms with Crippen LogP contribution in [0.25, 0.3) is 10.8 Å². The maximum Gasteiger partial charge on any atom is 0.225 e. The Labute approximate surface area is 112 Å². The lowest BCUT2D eigenvalue weighted by Crippen LogP contribution is -2.28. The van der Waals surface area contributed by atoms with Gasteiger partial charge in [0.1, 0.15) is 0 Å². The van der Waals surface area contributed by atoms with Gasteiger partial charge in [-0.05, 0) is 30.9 Å². The smallest absolute Gasteiger partial charge is 0.225 e. The van der Waals surface area contributed by atoms with Crippen LogP contribution in [0.5, 0.6) is 0 Å². The van der Waals surface area contributed by atoms with Crippen LogP contribution in [-0.4, -0.2) is 16.9 Å². The summed E-state index contributed by atoms with van der Waals surface area (Å²) in [5.41, 5.74) is 6.80. The van der Waals surface area contributed by atoms with Gasteiger partial charge in [-0.15, -0.1) is 0 Å². The molecule has 19 heavy (non-hydrogen) atoms. The fourth-order valence-electron chi connectivity index (χ4n) is 2.34. The zero-order valence-corrected chi connectivity index (χ0v) is 10.7. The van der Waals surface area contributed by atoms with Crippen molar-refractivity contribution >= 4 is 22.4 Å². The number of pyridine rings is 1. The molecule has 3 rings (SSSR count). The number of carbonyl (C=O) groups excluding carboxylic acids is 1. The molecule has 0 aliphatic heterocycles. The van der Waals surface area contributed by atoms with Gasteiger partial charge in [-0.3, -0.25) is 9.78 Å². The van der Waals surface area contributed by atoms with Gasteiger partial charge < -0.3 is 11.1 Å². The second kappa shape index (κ2) is 4.97. The molecule has 0 bridgehead atoms. The predicted molar refractivity (Wildman–Crippen MR) is 75.7 cm³/mol. The van der Waals surface area contributed by atoms with Crippen LogP contribution in [0.2, 0.25) is 0 Å². The summed E-state index contributed by atoms with van der Waals surface area (Å²) in [4.78, 5) is 16.1. The van der Waals surface area contributed by atoms with Crippen LogP contribution in [0.15, 0.2) is 36.7 Å². The maximum atomic E-state index is 12.0. The number of rotatable bonds is 4. The Bertz CT molecular complexity index is 602. The molecule has 1 aromatic heterocycles. The van der Waals surface area contributed by atoms with Crippen LogP contribution in [0, 0.1) is 5.92 Å². The van der Waals surface area contributed by atoms with Gasteiger partial charge in [-0.2, -0.15) is 0 Å². The number of aromatic nitrogens is 1. The maximum absolute atomic E-state index is 12.0. The highest BCUT2D eigenvalue weighted by atomic mass is 16.1. The Morgan fingerprint density at radius 3 is 3.05 bits per heavy atom. The summed E-state index contributed by atoms with van der Waals surface area (Å²) in [6, 6.07) is 7.71. The summed E-state index contributed by atoms with van der Waals surface area (Å²) < 4.78 is 0. The SMILES string of the molecule is NC(CC(=O)Nc1cccc2cnccc12)C1CC1. The number of hydrogen-bond acceptors (Lipinski definition) is 3. The highest BCUT2D eigenvalue weighted by Crippen LogP contribution is 2.33. The van der Waals surface area contributed by atoms with Crippen LogP contribution in [0.3, 0.4) is 0 Å². The molecule has 4 heteroatoms. The summed E-state index contributed by atoms with van der Waals surface area (Å²) in [6.45, 7) is 0. The van der Waals surface area contributed by atoms with Gasteiger partial charge in [0.25, 0.3) is 0 Å². The molecule has 1 saturated carbocycles. The second-order valence-electron chi connectivity index (χ2n) is 5.16. The van der Waals surface area contributed by atoms with Gasteiger partial charge in [0.2, 0.25) is 5.91 Å². The zero-order valence-electron chi connectivity index (χ0n) is 10.7. The van der Waals surface area contributed by atoms with E-state index in [1.165, 1.54) is 0 Å². The topological polar surface area (TPSA) is 68.0 Å². The molecule has 1 aliphatic carbocycles. The van der Waals surface area contributed by atoms with E-state index in [2.05, 4.69) is 10.3 Å². The summed E-state index contributed by atoms with van der Waals surface area (Å²) in [6.07, 6.45) is 6.24. The van der Waals surface area contributed by atoms with Crippen LogP contribution < -0.4 is 11.1 Å². The summed E-state index contributed by atoms with van der Waals surface area (Å²) in [5.74, 6) is 0.533. The average molecular weight is 255 g/mol. The van der Waals surface area contributed by atoms with Crippen molar-refractivity contribution in [2.24, 2.45) is 11.7 Å². The monoisotopic (exact) mass is 255 g/mol. The van der Waals surface area contributed by atoms with Crippen LogP contribution in [0.1, 0.15) is 19.3 Å². The minimum atomic E-state index is -0.0105. The van der Waals surface area contributed by atoms with Crippen molar-refractivity contribution in [3.8, 4) is 0 Å². The molecule has 98 valence electrons. The molecule has 1 fully saturated rings. The molecule has 4 nitrogen and oxygen atoms in total. The normalized spacial score (nSPS) is 16.3. The summed E-state index contributed by atoms with van der Waals surface area (Å²) >= 11 is 0. The zero-order chi connectivity index (χ0) is 13.2. The number of carbonyl (C=O) groups is 1. The molecule has 1 heterocycles. The van der Waals surface area contributed by atoms with Crippen molar-refractivity contribution in [1.82, 2.24) is 4.98 Å². The number of nitrogens with two attached hydrogens (primary N) is 1. The number of benzene rings is 1. The molecule has 1 aromatic carbocycles. The Morgan fingerprint density at radius 1 is 1.42 bits per heavy atom. The van der Waals surface area contributed by atoms with Crippen molar-refractivity contribution in [3.05, 3.63) is 36.7 Å². The van der Waals surface area contributed by atoms with Crippen molar-refractivity contribution in [3.63, 3.8) is 0 Å².